The predicted octanol–water partition coefficient (Wildman–Crippen LogP) is 1.45. The second-order valence-electron chi connectivity index (χ2n) is 4.50. The Morgan fingerprint density at radius 3 is 2.88 bits per heavy atom. The minimum atomic E-state index is 1.07. The number of pyridine rings is 1. The van der Waals surface area contributed by atoms with Crippen LogP contribution in [0, 0.1) is 0 Å². The lowest BCUT2D eigenvalue weighted by molar-refractivity contribution is 0.588. The van der Waals surface area contributed by atoms with E-state index < -0.39 is 0 Å². The third-order valence-electron chi connectivity index (χ3n) is 3.50. The van der Waals surface area contributed by atoms with Crippen molar-refractivity contribution in [3.05, 3.63) is 30.1 Å². The summed E-state index contributed by atoms with van der Waals surface area (Å²) in [7, 11) is 0. The molecule has 0 saturated carbocycles. The van der Waals surface area contributed by atoms with Crippen LogP contribution in [0.5, 0.6) is 0 Å². The maximum atomic E-state index is 4.45. The zero-order valence-electron chi connectivity index (χ0n) is 9.50. The Bertz CT molecular complexity index is 419. The van der Waals surface area contributed by atoms with Gasteiger partial charge in [-0.2, -0.15) is 0 Å². The molecule has 0 bridgehead atoms. The lowest BCUT2D eigenvalue weighted by atomic mass is 10.1. The van der Waals surface area contributed by atoms with Gasteiger partial charge in [0.1, 0.15) is 0 Å². The largest absolute Gasteiger partial charge is 0.369 e. The zero-order chi connectivity index (χ0) is 11.0. The number of fused-ring (bicyclic) bond motifs is 1. The summed E-state index contributed by atoms with van der Waals surface area (Å²) in [6.07, 6.45) is 4.11. The van der Waals surface area contributed by atoms with Crippen molar-refractivity contribution in [2.24, 2.45) is 0 Å². The fourth-order valence-corrected chi connectivity index (χ4v) is 2.63. The molecule has 3 heteroatoms. The van der Waals surface area contributed by atoms with Gasteiger partial charge in [0.15, 0.2) is 0 Å². The maximum Gasteiger partial charge on any atom is 0.0708 e. The molecule has 0 radical (unpaired) electrons. The van der Waals surface area contributed by atoms with Crippen LogP contribution in [0.4, 0.5) is 5.69 Å². The Labute approximate surface area is 96.2 Å². The number of anilines is 1. The van der Waals surface area contributed by atoms with E-state index in [1.165, 1.54) is 16.8 Å². The second kappa shape index (κ2) is 3.91. The Balaban J connectivity index is 1.98. The molecular weight excluding hydrogens is 198 g/mol. The molecule has 1 aromatic rings. The van der Waals surface area contributed by atoms with Gasteiger partial charge < -0.3 is 10.2 Å². The first-order valence-corrected chi connectivity index (χ1v) is 5.98. The van der Waals surface area contributed by atoms with E-state index in [-0.39, 0.29) is 0 Å². The Morgan fingerprint density at radius 1 is 1.25 bits per heavy atom. The Hall–Kier alpha value is -1.35. The molecule has 0 unspecified atom stereocenters. The number of rotatable bonds is 1. The number of aromatic nitrogens is 1. The molecule has 84 valence electrons. The number of piperazine rings is 1. The number of hydrogen-bond donors (Lipinski definition) is 1. The first-order chi connectivity index (χ1) is 7.86. The van der Waals surface area contributed by atoms with Gasteiger partial charge >= 0.3 is 0 Å². The average molecular weight is 215 g/mol. The zero-order valence-corrected chi connectivity index (χ0v) is 9.50. The van der Waals surface area contributed by atoms with Crippen LogP contribution in [0.15, 0.2) is 18.8 Å². The van der Waals surface area contributed by atoms with E-state index >= 15 is 0 Å². The third kappa shape index (κ3) is 1.52. The van der Waals surface area contributed by atoms with E-state index in [1.807, 2.05) is 6.20 Å². The molecule has 1 N–H and O–H groups in total. The van der Waals surface area contributed by atoms with E-state index in [4.69, 9.17) is 0 Å². The highest BCUT2D eigenvalue weighted by Crippen LogP contribution is 2.35. The molecule has 1 aromatic heterocycles. The van der Waals surface area contributed by atoms with Crippen molar-refractivity contribution >= 4 is 11.3 Å². The first kappa shape index (κ1) is 9.85. The van der Waals surface area contributed by atoms with Crippen LogP contribution < -0.4 is 10.2 Å². The van der Waals surface area contributed by atoms with Gasteiger partial charge in [0.2, 0.25) is 0 Å². The van der Waals surface area contributed by atoms with E-state index in [0.29, 0.717) is 0 Å². The van der Waals surface area contributed by atoms with Crippen LogP contribution in [0.25, 0.3) is 5.57 Å². The van der Waals surface area contributed by atoms with E-state index in [1.54, 1.807) is 0 Å². The van der Waals surface area contributed by atoms with Gasteiger partial charge in [-0.3, -0.25) is 4.98 Å². The highest BCUT2D eigenvalue weighted by Gasteiger charge is 2.22. The maximum absolute atomic E-state index is 4.45. The minimum absolute atomic E-state index is 1.07. The molecule has 0 aromatic carbocycles. The summed E-state index contributed by atoms with van der Waals surface area (Å²) in [5, 5.41) is 3.39. The van der Waals surface area contributed by atoms with Gasteiger partial charge in [-0.25, -0.2) is 0 Å². The summed E-state index contributed by atoms with van der Waals surface area (Å²) in [5.74, 6) is 0. The molecule has 3 nitrogen and oxygen atoms in total. The molecule has 1 fully saturated rings. The van der Waals surface area contributed by atoms with Crippen LogP contribution in [-0.4, -0.2) is 31.2 Å². The number of nitrogens with one attached hydrogen (secondary N) is 1. The van der Waals surface area contributed by atoms with Gasteiger partial charge in [0, 0.05) is 43.6 Å². The van der Waals surface area contributed by atoms with Gasteiger partial charge in [-0.05, 0) is 24.5 Å². The van der Waals surface area contributed by atoms with Crippen molar-refractivity contribution in [1.82, 2.24) is 10.3 Å². The first-order valence-electron chi connectivity index (χ1n) is 5.98. The topological polar surface area (TPSA) is 28.2 Å². The smallest absolute Gasteiger partial charge is 0.0708 e. The molecule has 1 aliphatic heterocycles. The number of nitrogens with zero attached hydrogens (tertiary/aromatic N) is 2. The highest BCUT2D eigenvalue weighted by atomic mass is 15.2. The van der Waals surface area contributed by atoms with Crippen LogP contribution in [0.1, 0.15) is 17.7 Å². The van der Waals surface area contributed by atoms with Gasteiger partial charge in [0.25, 0.3) is 0 Å². The molecule has 2 heterocycles. The van der Waals surface area contributed by atoms with Gasteiger partial charge in [-0.1, -0.05) is 6.58 Å². The van der Waals surface area contributed by atoms with Gasteiger partial charge in [-0.15, -0.1) is 0 Å². The van der Waals surface area contributed by atoms with Crippen molar-refractivity contribution < 1.29 is 0 Å². The molecular formula is C13H17N3. The van der Waals surface area contributed by atoms with E-state index in [9.17, 15) is 0 Å². The molecule has 2 aliphatic rings. The minimum Gasteiger partial charge on any atom is -0.369 e. The Kier molecular flexibility index (Phi) is 2.40. The summed E-state index contributed by atoms with van der Waals surface area (Å²) >= 11 is 0. The van der Waals surface area contributed by atoms with Crippen molar-refractivity contribution in [3.63, 3.8) is 0 Å². The normalized spacial score (nSPS) is 20.0. The number of hydrogen-bond acceptors (Lipinski definition) is 3. The summed E-state index contributed by atoms with van der Waals surface area (Å²) in [6.45, 7) is 8.45. The standard InChI is InChI=1S/C13H17N3/c1-10-2-3-11-12(4-5-15-13(10)11)16-8-6-14-7-9-16/h4-5,14H,1-3,6-9H2. The average Bonchev–Trinajstić information content (AvgIpc) is 2.73. The fourth-order valence-electron chi connectivity index (χ4n) is 2.63. The highest BCUT2D eigenvalue weighted by molar-refractivity contribution is 5.74. The summed E-state index contributed by atoms with van der Waals surface area (Å²) in [6, 6.07) is 2.16. The van der Waals surface area contributed by atoms with Crippen LogP contribution in [-0.2, 0) is 6.42 Å². The van der Waals surface area contributed by atoms with E-state index in [2.05, 4.69) is 27.8 Å². The fraction of sp³-hybridized carbons (Fsp3) is 0.462. The van der Waals surface area contributed by atoms with Crippen molar-refractivity contribution in [2.45, 2.75) is 12.8 Å². The van der Waals surface area contributed by atoms with Crippen molar-refractivity contribution in [1.29, 1.82) is 0 Å². The van der Waals surface area contributed by atoms with Crippen molar-refractivity contribution in [2.75, 3.05) is 31.1 Å². The quantitative estimate of drug-likeness (QED) is 0.768. The number of allylic oxidation sites excluding steroid dienone is 1. The Morgan fingerprint density at radius 2 is 2.06 bits per heavy atom. The lowest BCUT2D eigenvalue weighted by Crippen LogP contribution is -2.43. The summed E-state index contributed by atoms with van der Waals surface area (Å²) < 4.78 is 0. The molecule has 0 spiro atoms. The molecule has 0 amide bonds. The predicted molar refractivity (Wildman–Crippen MR) is 66.7 cm³/mol. The van der Waals surface area contributed by atoms with Crippen molar-refractivity contribution in [3.8, 4) is 0 Å². The monoisotopic (exact) mass is 215 g/mol. The van der Waals surface area contributed by atoms with Crippen LogP contribution in [0.2, 0.25) is 0 Å². The molecule has 16 heavy (non-hydrogen) atoms. The molecule has 1 saturated heterocycles. The van der Waals surface area contributed by atoms with E-state index in [0.717, 1.165) is 44.7 Å². The summed E-state index contributed by atoms with van der Waals surface area (Å²) in [5.41, 5.74) is 5.14. The molecule has 3 rings (SSSR count). The lowest BCUT2D eigenvalue weighted by Gasteiger charge is -2.30. The third-order valence-corrected chi connectivity index (χ3v) is 3.50. The summed E-state index contributed by atoms with van der Waals surface area (Å²) in [4.78, 5) is 6.92. The van der Waals surface area contributed by atoms with Gasteiger partial charge in [0.05, 0.1) is 5.69 Å². The SMILES string of the molecule is C=C1CCc2c(N3CCNCC3)ccnc21. The van der Waals surface area contributed by atoms with Crippen LogP contribution >= 0.6 is 0 Å². The second-order valence-corrected chi connectivity index (χ2v) is 4.50. The van der Waals surface area contributed by atoms with Crippen LogP contribution in [0.3, 0.4) is 0 Å². The molecule has 1 aliphatic carbocycles. The molecule has 0 atom stereocenters.